The molecule has 5 heteroatoms. The van der Waals surface area contributed by atoms with Crippen molar-refractivity contribution in [1.29, 1.82) is 0 Å². The summed E-state index contributed by atoms with van der Waals surface area (Å²) in [5, 5.41) is 0.719. The Balaban J connectivity index is 0.000000230. The van der Waals surface area contributed by atoms with Gasteiger partial charge in [-0.05, 0) is 24.6 Å². The minimum atomic E-state index is 0.719. The fourth-order valence-electron chi connectivity index (χ4n) is 3.25. The number of pyridine rings is 1. The fraction of sp³-hybridized carbons (Fsp3) is 0.500. The van der Waals surface area contributed by atoms with Gasteiger partial charge in [-0.3, -0.25) is 0 Å². The zero-order chi connectivity index (χ0) is 20.7. The number of thiol groups is 1. The van der Waals surface area contributed by atoms with Crippen LogP contribution in [0, 0.1) is 0 Å². The molecule has 0 N–H and O–H groups in total. The van der Waals surface area contributed by atoms with E-state index in [2.05, 4.69) is 59.7 Å². The number of aryl methyl sites for hydroxylation is 1. The van der Waals surface area contributed by atoms with E-state index in [1.165, 1.54) is 70.8 Å². The highest BCUT2D eigenvalue weighted by Gasteiger charge is 2.00. The molecule has 29 heavy (non-hydrogen) atoms. The molecule has 2 nitrogen and oxygen atoms in total. The van der Waals surface area contributed by atoms with Crippen molar-refractivity contribution in [3.8, 4) is 0 Å². The van der Waals surface area contributed by atoms with E-state index in [0.717, 1.165) is 19.6 Å². The maximum Gasteiger partial charge on any atom is 0.168 e. The Kier molecular flexibility index (Phi) is 12.3. The molecule has 0 spiro atoms. The van der Waals surface area contributed by atoms with Crippen molar-refractivity contribution in [3.05, 3.63) is 53.8 Å². The van der Waals surface area contributed by atoms with Crippen molar-refractivity contribution in [2.24, 2.45) is 0 Å². The number of thiazole rings is 1. The lowest BCUT2D eigenvalue weighted by molar-refractivity contribution is -0.697. The van der Waals surface area contributed by atoms with E-state index in [-0.39, 0.29) is 0 Å². The van der Waals surface area contributed by atoms with E-state index in [4.69, 9.17) is 11.6 Å². The number of aromatic nitrogens is 2. The monoisotopic (exact) mass is 449 g/mol. The van der Waals surface area contributed by atoms with Gasteiger partial charge in [-0.15, -0.1) is 24.0 Å². The largest absolute Gasteiger partial charge is 0.230 e. The highest BCUT2D eigenvalue weighted by atomic mass is 35.5. The van der Waals surface area contributed by atoms with Crippen molar-refractivity contribution >= 4 is 45.8 Å². The van der Waals surface area contributed by atoms with Crippen LogP contribution in [0.3, 0.4) is 0 Å². The molecular weight excluding hydrogens is 416 g/mol. The van der Waals surface area contributed by atoms with Crippen LogP contribution < -0.4 is 4.57 Å². The van der Waals surface area contributed by atoms with Crippen LogP contribution in [-0.2, 0) is 6.54 Å². The molecule has 2 heterocycles. The van der Waals surface area contributed by atoms with Gasteiger partial charge in [-0.1, -0.05) is 76.0 Å². The van der Waals surface area contributed by atoms with Crippen LogP contribution in [0.25, 0.3) is 10.2 Å². The molecule has 1 aromatic carbocycles. The summed E-state index contributed by atoms with van der Waals surface area (Å²) in [6, 6.07) is 11.9. The maximum atomic E-state index is 5.77. The van der Waals surface area contributed by atoms with Gasteiger partial charge in [0.15, 0.2) is 12.4 Å². The van der Waals surface area contributed by atoms with Gasteiger partial charge in [0.25, 0.3) is 0 Å². The standard InChI is InChI=1S/C17H30N.C7H4ClNS2/c1-2-3-4-5-6-7-8-9-10-12-15-18-16-13-11-14-17-18;8-4-1-2-6-5(3-4)9-7(10)11-6/h11,13-14,16-17H,2-10,12,15H2,1H3;1-3H,(H,9,10)/q+1;. The van der Waals surface area contributed by atoms with Crippen molar-refractivity contribution < 1.29 is 4.57 Å². The highest BCUT2D eigenvalue weighted by Crippen LogP contribution is 2.26. The van der Waals surface area contributed by atoms with Crippen LogP contribution in [0.15, 0.2) is 53.1 Å². The fourth-order valence-corrected chi connectivity index (χ4v) is 4.51. The zero-order valence-corrected chi connectivity index (χ0v) is 20.0. The average molecular weight is 450 g/mol. The van der Waals surface area contributed by atoms with E-state index in [9.17, 15) is 0 Å². The molecular formula is C24H34ClN2S2+. The molecule has 2 aromatic heterocycles. The SMILES string of the molecule is CCCCCCCCCCCC[n+]1ccccc1.Sc1nc2cc(Cl)ccc2s1. The summed E-state index contributed by atoms with van der Waals surface area (Å²) in [5.41, 5.74) is 0.924. The second-order valence-corrected chi connectivity index (χ2v) is 9.60. The number of fused-ring (bicyclic) bond motifs is 1. The van der Waals surface area contributed by atoms with Crippen LogP contribution in [0.5, 0.6) is 0 Å². The van der Waals surface area contributed by atoms with E-state index in [0.29, 0.717) is 0 Å². The molecule has 158 valence electrons. The Bertz CT molecular complexity index is 805. The summed E-state index contributed by atoms with van der Waals surface area (Å²) in [7, 11) is 0. The Morgan fingerprint density at radius 1 is 0.897 bits per heavy atom. The molecule has 0 aliphatic heterocycles. The summed E-state index contributed by atoms with van der Waals surface area (Å²) >= 11 is 11.5. The Labute approximate surface area is 190 Å². The summed E-state index contributed by atoms with van der Waals surface area (Å²) in [6.07, 6.45) is 18.5. The number of nitrogens with zero attached hydrogens (tertiary/aromatic N) is 2. The predicted octanol–water partition coefficient (Wildman–Crippen LogP) is 8.13. The Morgan fingerprint density at radius 2 is 1.52 bits per heavy atom. The summed E-state index contributed by atoms with van der Waals surface area (Å²) < 4.78 is 4.19. The number of hydrogen-bond acceptors (Lipinski definition) is 3. The second kappa shape index (κ2) is 14.8. The van der Waals surface area contributed by atoms with E-state index in [1.807, 2.05) is 18.2 Å². The molecule has 0 atom stereocenters. The zero-order valence-electron chi connectivity index (χ0n) is 17.5. The third-order valence-electron chi connectivity index (χ3n) is 4.89. The van der Waals surface area contributed by atoms with Crippen LogP contribution >= 0.6 is 35.6 Å². The van der Waals surface area contributed by atoms with Gasteiger partial charge in [0.05, 0.1) is 10.2 Å². The summed E-state index contributed by atoms with van der Waals surface area (Å²) in [4.78, 5) is 4.17. The van der Waals surface area contributed by atoms with Gasteiger partial charge in [-0.25, -0.2) is 9.55 Å². The van der Waals surface area contributed by atoms with Crippen LogP contribution in [-0.4, -0.2) is 4.98 Å². The van der Waals surface area contributed by atoms with Gasteiger partial charge in [0.2, 0.25) is 0 Å². The molecule has 3 aromatic rings. The smallest absolute Gasteiger partial charge is 0.168 e. The third kappa shape index (κ3) is 10.5. The highest BCUT2D eigenvalue weighted by molar-refractivity contribution is 7.82. The van der Waals surface area contributed by atoms with Crippen LogP contribution in [0.4, 0.5) is 0 Å². The molecule has 0 aliphatic rings. The van der Waals surface area contributed by atoms with E-state index < -0.39 is 0 Å². The minimum Gasteiger partial charge on any atom is -0.230 e. The maximum absolute atomic E-state index is 5.77. The normalized spacial score (nSPS) is 10.7. The third-order valence-corrected chi connectivity index (χ3v) is 6.33. The lowest BCUT2D eigenvalue weighted by Crippen LogP contribution is -2.32. The number of rotatable bonds is 11. The first-order valence-corrected chi connectivity index (χ1v) is 12.5. The van der Waals surface area contributed by atoms with Gasteiger partial charge >= 0.3 is 0 Å². The van der Waals surface area contributed by atoms with E-state index in [1.54, 1.807) is 11.3 Å². The topological polar surface area (TPSA) is 16.8 Å². The van der Waals surface area contributed by atoms with Crippen molar-refractivity contribution in [2.75, 3.05) is 0 Å². The van der Waals surface area contributed by atoms with E-state index >= 15 is 0 Å². The first-order valence-electron chi connectivity index (χ1n) is 10.9. The van der Waals surface area contributed by atoms with Crippen molar-refractivity contribution in [2.45, 2.75) is 82.0 Å². The molecule has 0 aliphatic carbocycles. The number of hydrogen-bond donors (Lipinski definition) is 1. The van der Waals surface area contributed by atoms with Crippen molar-refractivity contribution in [1.82, 2.24) is 4.98 Å². The number of benzene rings is 1. The number of unbranched alkanes of at least 4 members (excludes halogenated alkanes) is 9. The molecule has 0 saturated carbocycles. The molecule has 0 fully saturated rings. The van der Waals surface area contributed by atoms with Gasteiger partial charge < -0.3 is 0 Å². The molecule has 0 radical (unpaired) electrons. The second-order valence-electron chi connectivity index (χ2n) is 7.40. The van der Waals surface area contributed by atoms with Gasteiger partial charge in [0, 0.05) is 23.6 Å². The molecule has 0 saturated heterocycles. The first-order chi connectivity index (χ1) is 14.2. The molecule has 0 amide bonds. The molecule has 0 unspecified atom stereocenters. The van der Waals surface area contributed by atoms with Crippen molar-refractivity contribution in [3.63, 3.8) is 0 Å². The van der Waals surface area contributed by atoms with Gasteiger partial charge in [0.1, 0.15) is 10.9 Å². The lowest BCUT2D eigenvalue weighted by Gasteiger charge is -2.01. The summed E-state index contributed by atoms with van der Waals surface area (Å²) in [5.74, 6) is 0. The number of halogens is 1. The predicted molar refractivity (Wildman–Crippen MR) is 130 cm³/mol. The minimum absolute atomic E-state index is 0.719. The average Bonchev–Trinajstić information content (AvgIpc) is 3.10. The van der Waals surface area contributed by atoms with Crippen LogP contribution in [0.1, 0.15) is 71.1 Å². The Morgan fingerprint density at radius 3 is 2.17 bits per heavy atom. The van der Waals surface area contributed by atoms with Crippen LogP contribution in [0.2, 0.25) is 5.02 Å². The molecule has 3 rings (SSSR count). The summed E-state index contributed by atoms with van der Waals surface area (Å²) in [6.45, 7) is 3.46. The molecule has 0 bridgehead atoms. The first kappa shape index (κ1) is 24.2. The lowest BCUT2D eigenvalue weighted by atomic mass is 10.1. The Hall–Kier alpha value is -1.10. The van der Waals surface area contributed by atoms with Gasteiger partial charge in [-0.2, -0.15) is 0 Å². The quantitative estimate of drug-likeness (QED) is 0.177.